The van der Waals surface area contributed by atoms with Crippen LogP contribution in [0.3, 0.4) is 0 Å². The van der Waals surface area contributed by atoms with Gasteiger partial charge in [-0.1, -0.05) is 13.8 Å². The van der Waals surface area contributed by atoms with Crippen LogP contribution in [-0.4, -0.2) is 35.0 Å². The van der Waals surface area contributed by atoms with Gasteiger partial charge < -0.3 is 10.0 Å². The van der Waals surface area contributed by atoms with E-state index in [0.29, 0.717) is 13.0 Å². The van der Waals surface area contributed by atoms with Gasteiger partial charge in [-0.3, -0.25) is 9.59 Å². The summed E-state index contributed by atoms with van der Waals surface area (Å²) < 4.78 is 0. The molecule has 4 nitrogen and oxygen atoms in total. The third-order valence-electron chi connectivity index (χ3n) is 1.75. The molecule has 15 heavy (non-hydrogen) atoms. The predicted octanol–water partition coefficient (Wildman–Crippen LogP) is 0.969. The normalized spacial score (nSPS) is 9.73. The van der Waals surface area contributed by atoms with Crippen molar-refractivity contribution in [3.05, 3.63) is 0 Å². The summed E-state index contributed by atoms with van der Waals surface area (Å²) in [4.78, 5) is 23.4. The minimum Gasteiger partial charge on any atom is -0.480 e. The maximum absolute atomic E-state index is 11.5. The van der Waals surface area contributed by atoms with Crippen LogP contribution < -0.4 is 0 Å². The third-order valence-corrected chi connectivity index (χ3v) is 1.75. The van der Waals surface area contributed by atoms with E-state index in [2.05, 4.69) is 5.92 Å². The Morgan fingerprint density at radius 2 is 2.07 bits per heavy atom. The molecule has 0 rings (SSSR count). The highest BCUT2D eigenvalue weighted by Crippen LogP contribution is 2.02. The van der Waals surface area contributed by atoms with E-state index in [1.807, 2.05) is 13.8 Å². The molecule has 1 amide bonds. The van der Waals surface area contributed by atoms with Crippen LogP contribution in [-0.2, 0) is 9.59 Å². The number of rotatable bonds is 6. The first-order chi connectivity index (χ1) is 6.97. The maximum atomic E-state index is 11.5. The van der Waals surface area contributed by atoms with E-state index < -0.39 is 5.97 Å². The Morgan fingerprint density at radius 1 is 1.47 bits per heavy atom. The zero-order valence-electron chi connectivity index (χ0n) is 9.19. The molecule has 0 heterocycles. The Morgan fingerprint density at radius 3 is 2.47 bits per heavy atom. The predicted molar refractivity (Wildman–Crippen MR) is 57.1 cm³/mol. The van der Waals surface area contributed by atoms with Gasteiger partial charge in [-0.05, 0) is 5.92 Å². The molecule has 0 radical (unpaired) electrons. The van der Waals surface area contributed by atoms with E-state index in [0.717, 1.165) is 0 Å². The first-order valence-electron chi connectivity index (χ1n) is 4.90. The van der Waals surface area contributed by atoms with Crippen molar-refractivity contribution in [3.63, 3.8) is 0 Å². The number of amides is 1. The SMILES string of the molecule is C#CCCC(=O)N(CC(=O)O)CC(C)C. The van der Waals surface area contributed by atoms with Crippen LogP contribution in [0.5, 0.6) is 0 Å². The van der Waals surface area contributed by atoms with Gasteiger partial charge in [0, 0.05) is 19.4 Å². The average molecular weight is 211 g/mol. The molecule has 0 aliphatic rings. The molecule has 0 saturated heterocycles. The van der Waals surface area contributed by atoms with Crippen molar-refractivity contribution in [3.8, 4) is 12.3 Å². The third kappa shape index (κ3) is 6.55. The number of hydrogen-bond donors (Lipinski definition) is 1. The van der Waals surface area contributed by atoms with Crippen LogP contribution in [0.4, 0.5) is 0 Å². The molecule has 0 aliphatic carbocycles. The number of carboxylic acids is 1. The van der Waals surface area contributed by atoms with Gasteiger partial charge in [0.2, 0.25) is 5.91 Å². The van der Waals surface area contributed by atoms with E-state index in [1.54, 1.807) is 0 Å². The molecule has 0 aliphatic heterocycles. The molecular formula is C11H17NO3. The summed E-state index contributed by atoms with van der Waals surface area (Å²) in [6.07, 6.45) is 5.62. The Balaban J connectivity index is 4.28. The van der Waals surface area contributed by atoms with Crippen LogP contribution >= 0.6 is 0 Å². The zero-order chi connectivity index (χ0) is 11.8. The lowest BCUT2D eigenvalue weighted by atomic mass is 10.2. The van der Waals surface area contributed by atoms with Crippen molar-refractivity contribution in [2.24, 2.45) is 5.92 Å². The van der Waals surface area contributed by atoms with Gasteiger partial charge in [0.25, 0.3) is 0 Å². The summed E-state index contributed by atoms with van der Waals surface area (Å²) in [7, 11) is 0. The summed E-state index contributed by atoms with van der Waals surface area (Å²) >= 11 is 0. The molecule has 0 spiro atoms. The van der Waals surface area contributed by atoms with Crippen LogP contribution in [0.2, 0.25) is 0 Å². The molecule has 0 aromatic rings. The van der Waals surface area contributed by atoms with E-state index in [4.69, 9.17) is 11.5 Å². The molecule has 0 bridgehead atoms. The number of terminal acetylenes is 1. The monoisotopic (exact) mass is 211 g/mol. The van der Waals surface area contributed by atoms with Gasteiger partial charge in [-0.15, -0.1) is 12.3 Å². The number of nitrogens with zero attached hydrogens (tertiary/aromatic N) is 1. The van der Waals surface area contributed by atoms with Crippen molar-refractivity contribution in [2.45, 2.75) is 26.7 Å². The number of aliphatic carboxylic acids is 1. The first kappa shape index (κ1) is 13.5. The van der Waals surface area contributed by atoms with Gasteiger partial charge in [0.1, 0.15) is 6.54 Å². The topological polar surface area (TPSA) is 57.6 Å². The summed E-state index contributed by atoms with van der Waals surface area (Å²) in [5.41, 5.74) is 0. The van der Waals surface area contributed by atoms with Gasteiger partial charge in [0.15, 0.2) is 0 Å². The van der Waals surface area contributed by atoms with E-state index in [1.165, 1.54) is 4.90 Å². The number of carbonyl (C=O) groups excluding carboxylic acids is 1. The van der Waals surface area contributed by atoms with Crippen molar-refractivity contribution in [1.82, 2.24) is 4.90 Å². The minimum absolute atomic E-state index is 0.191. The lowest BCUT2D eigenvalue weighted by Gasteiger charge is -2.22. The Labute approximate surface area is 90.3 Å². The molecule has 0 aromatic carbocycles. The van der Waals surface area contributed by atoms with Crippen molar-refractivity contribution < 1.29 is 14.7 Å². The minimum atomic E-state index is -0.996. The van der Waals surface area contributed by atoms with Gasteiger partial charge in [-0.2, -0.15) is 0 Å². The Hall–Kier alpha value is -1.50. The van der Waals surface area contributed by atoms with Crippen LogP contribution in [0.25, 0.3) is 0 Å². The summed E-state index contributed by atoms with van der Waals surface area (Å²) in [6.45, 7) is 4.07. The van der Waals surface area contributed by atoms with Crippen molar-refractivity contribution in [1.29, 1.82) is 0 Å². The van der Waals surface area contributed by atoms with Crippen LogP contribution in [0.15, 0.2) is 0 Å². The number of hydrogen-bond acceptors (Lipinski definition) is 2. The second-order valence-electron chi connectivity index (χ2n) is 3.77. The summed E-state index contributed by atoms with van der Waals surface area (Å²) in [5.74, 6) is 1.43. The fraction of sp³-hybridized carbons (Fsp3) is 0.636. The number of carbonyl (C=O) groups is 2. The molecule has 1 N–H and O–H groups in total. The highest BCUT2D eigenvalue weighted by atomic mass is 16.4. The van der Waals surface area contributed by atoms with E-state index in [9.17, 15) is 9.59 Å². The lowest BCUT2D eigenvalue weighted by molar-refractivity contribution is -0.144. The Bertz CT molecular complexity index is 265. The highest BCUT2D eigenvalue weighted by molar-refractivity contribution is 5.81. The molecular weight excluding hydrogens is 194 g/mol. The lowest BCUT2D eigenvalue weighted by Crippen LogP contribution is -2.38. The molecule has 0 fully saturated rings. The van der Waals surface area contributed by atoms with Crippen molar-refractivity contribution in [2.75, 3.05) is 13.1 Å². The quantitative estimate of drug-likeness (QED) is 0.666. The standard InChI is InChI=1S/C11H17NO3/c1-4-5-6-10(13)12(7-9(2)3)8-11(14)15/h1,9H,5-8H2,2-3H3,(H,14,15). The first-order valence-corrected chi connectivity index (χ1v) is 4.90. The largest absolute Gasteiger partial charge is 0.480 e. The smallest absolute Gasteiger partial charge is 0.323 e. The zero-order valence-corrected chi connectivity index (χ0v) is 9.19. The van der Waals surface area contributed by atoms with E-state index >= 15 is 0 Å². The van der Waals surface area contributed by atoms with Gasteiger partial charge in [-0.25, -0.2) is 0 Å². The fourth-order valence-electron chi connectivity index (χ4n) is 1.20. The molecule has 4 heteroatoms. The van der Waals surface area contributed by atoms with Crippen LogP contribution in [0, 0.1) is 18.3 Å². The summed E-state index contributed by atoms with van der Waals surface area (Å²) in [6, 6.07) is 0. The van der Waals surface area contributed by atoms with Gasteiger partial charge >= 0.3 is 5.97 Å². The molecule has 0 unspecified atom stereocenters. The fourth-order valence-corrected chi connectivity index (χ4v) is 1.20. The second kappa shape index (κ2) is 6.88. The number of carboxylic acid groups (broad SMARTS) is 1. The van der Waals surface area contributed by atoms with Gasteiger partial charge in [0.05, 0.1) is 0 Å². The second-order valence-corrected chi connectivity index (χ2v) is 3.77. The van der Waals surface area contributed by atoms with Crippen LogP contribution in [0.1, 0.15) is 26.7 Å². The Kier molecular flexibility index (Phi) is 6.19. The highest BCUT2D eigenvalue weighted by Gasteiger charge is 2.16. The van der Waals surface area contributed by atoms with Crippen molar-refractivity contribution >= 4 is 11.9 Å². The van der Waals surface area contributed by atoms with E-state index in [-0.39, 0.29) is 24.8 Å². The summed E-state index contributed by atoms with van der Waals surface area (Å²) in [5, 5.41) is 8.64. The maximum Gasteiger partial charge on any atom is 0.323 e. The molecule has 84 valence electrons. The molecule has 0 atom stereocenters. The molecule has 0 saturated carbocycles. The average Bonchev–Trinajstić information content (AvgIpc) is 2.11. The molecule has 0 aromatic heterocycles.